The molecule has 0 aliphatic carbocycles. The predicted molar refractivity (Wildman–Crippen MR) is 55.2 cm³/mol. The van der Waals surface area contributed by atoms with E-state index in [4.69, 9.17) is 11.6 Å². The first-order valence-corrected chi connectivity index (χ1v) is 4.87. The van der Waals surface area contributed by atoms with Gasteiger partial charge in [0, 0.05) is 0 Å². The van der Waals surface area contributed by atoms with E-state index in [9.17, 15) is 13.2 Å². The smallest absolute Gasteiger partial charge is 0.166 e. The second kappa shape index (κ2) is 3.71. The van der Waals surface area contributed by atoms with E-state index in [0.717, 1.165) is 6.07 Å². The first-order valence-electron chi connectivity index (χ1n) is 4.49. The van der Waals surface area contributed by atoms with Crippen LogP contribution in [0.15, 0.2) is 18.2 Å². The third kappa shape index (κ3) is 2.88. The van der Waals surface area contributed by atoms with Gasteiger partial charge in [-0.2, -0.15) is 13.2 Å². The molecule has 15 heavy (non-hydrogen) atoms. The summed E-state index contributed by atoms with van der Waals surface area (Å²) >= 11 is 5.51. The van der Waals surface area contributed by atoms with E-state index in [1.165, 1.54) is 6.07 Å². The second-order valence-electron chi connectivity index (χ2n) is 4.44. The van der Waals surface area contributed by atoms with Crippen molar-refractivity contribution in [3.05, 3.63) is 34.3 Å². The van der Waals surface area contributed by atoms with E-state index in [1.54, 1.807) is 6.07 Å². The standard InChI is InChI=1S/C11H12ClF3/c1-10(2,3)7-4-5-9(12)8(6-7)11(13,14)15/h4-6H,1-3H3. The quantitative estimate of drug-likeness (QED) is 0.615. The average Bonchev–Trinajstić information content (AvgIpc) is 2.00. The fraction of sp³-hybridized carbons (Fsp3) is 0.455. The van der Waals surface area contributed by atoms with Gasteiger partial charge in [-0.25, -0.2) is 0 Å². The van der Waals surface area contributed by atoms with Crippen molar-refractivity contribution in [3.63, 3.8) is 0 Å². The van der Waals surface area contributed by atoms with Crippen LogP contribution in [0.2, 0.25) is 5.02 Å². The van der Waals surface area contributed by atoms with E-state index in [0.29, 0.717) is 5.56 Å². The van der Waals surface area contributed by atoms with Gasteiger partial charge in [-0.1, -0.05) is 38.4 Å². The van der Waals surface area contributed by atoms with E-state index in [-0.39, 0.29) is 10.4 Å². The molecule has 4 heteroatoms. The lowest BCUT2D eigenvalue weighted by Crippen LogP contribution is -2.14. The maximum atomic E-state index is 12.5. The molecule has 1 rings (SSSR count). The minimum Gasteiger partial charge on any atom is -0.166 e. The van der Waals surface area contributed by atoms with Crippen molar-refractivity contribution in [2.24, 2.45) is 0 Å². The molecule has 0 radical (unpaired) electrons. The molecule has 1 aromatic carbocycles. The van der Waals surface area contributed by atoms with Gasteiger partial charge in [0.1, 0.15) is 0 Å². The molecule has 0 unspecified atom stereocenters. The molecule has 0 atom stereocenters. The van der Waals surface area contributed by atoms with E-state index < -0.39 is 11.7 Å². The van der Waals surface area contributed by atoms with Crippen LogP contribution in [0.3, 0.4) is 0 Å². The highest BCUT2D eigenvalue weighted by molar-refractivity contribution is 6.31. The fourth-order valence-corrected chi connectivity index (χ4v) is 1.43. The molecule has 0 aromatic heterocycles. The van der Waals surface area contributed by atoms with E-state index >= 15 is 0 Å². The maximum Gasteiger partial charge on any atom is 0.417 e. The van der Waals surface area contributed by atoms with Crippen LogP contribution < -0.4 is 0 Å². The van der Waals surface area contributed by atoms with Crippen LogP contribution in [0.25, 0.3) is 0 Å². The third-order valence-corrected chi connectivity index (χ3v) is 2.47. The minimum atomic E-state index is -4.39. The van der Waals surface area contributed by atoms with Gasteiger partial charge in [0.05, 0.1) is 10.6 Å². The topological polar surface area (TPSA) is 0 Å². The minimum absolute atomic E-state index is 0.254. The van der Waals surface area contributed by atoms with Gasteiger partial charge in [-0.15, -0.1) is 0 Å². The molecule has 0 amide bonds. The Bertz CT molecular complexity index is 361. The van der Waals surface area contributed by atoms with Crippen LogP contribution in [0.1, 0.15) is 31.9 Å². The second-order valence-corrected chi connectivity index (χ2v) is 4.85. The van der Waals surface area contributed by atoms with Crippen LogP contribution in [0, 0.1) is 0 Å². The lowest BCUT2D eigenvalue weighted by atomic mass is 9.86. The van der Waals surface area contributed by atoms with Crippen LogP contribution in [0.5, 0.6) is 0 Å². The van der Waals surface area contributed by atoms with Crippen molar-refractivity contribution in [2.45, 2.75) is 32.4 Å². The first kappa shape index (κ1) is 12.4. The summed E-state index contributed by atoms with van der Waals surface area (Å²) in [7, 11) is 0. The molecule has 0 N–H and O–H groups in total. The Balaban J connectivity index is 3.30. The lowest BCUT2D eigenvalue weighted by molar-refractivity contribution is -0.137. The maximum absolute atomic E-state index is 12.5. The molecular weight excluding hydrogens is 225 g/mol. The zero-order valence-electron chi connectivity index (χ0n) is 8.74. The predicted octanol–water partition coefficient (Wildman–Crippen LogP) is 4.66. The van der Waals surface area contributed by atoms with Crippen LogP contribution in [0.4, 0.5) is 13.2 Å². The molecule has 84 valence electrons. The molecule has 0 saturated carbocycles. The van der Waals surface area contributed by atoms with Crippen molar-refractivity contribution < 1.29 is 13.2 Å². The summed E-state index contributed by atoms with van der Waals surface area (Å²) in [4.78, 5) is 0. The highest BCUT2D eigenvalue weighted by Gasteiger charge is 2.34. The first-order chi connectivity index (χ1) is 6.62. The Morgan fingerprint density at radius 3 is 2.00 bits per heavy atom. The molecule has 0 bridgehead atoms. The number of halogens is 4. The largest absolute Gasteiger partial charge is 0.417 e. The summed E-state index contributed by atoms with van der Waals surface area (Å²) < 4.78 is 37.6. The van der Waals surface area contributed by atoms with Gasteiger partial charge in [0.2, 0.25) is 0 Å². The summed E-state index contributed by atoms with van der Waals surface area (Å²) in [6, 6.07) is 4.03. The normalized spacial score (nSPS) is 13.0. The van der Waals surface area contributed by atoms with Gasteiger partial charge in [0.15, 0.2) is 0 Å². The molecule has 0 nitrogen and oxygen atoms in total. The molecular formula is C11H12ClF3. The Labute approximate surface area is 92.1 Å². The Hall–Kier alpha value is -0.700. The molecule has 0 aliphatic heterocycles. The van der Waals surface area contributed by atoms with E-state index in [1.807, 2.05) is 20.8 Å². The molecule has 0 spiro atoms. The van der Waals surface area contributed by atoms with Crippen molar-refractivity contribution in [1.29, 1.82) is 0 Å². The van der Waals surface area contributed by atoms with Crippen LogP contribution in [-0.2, 0) is 11.6 Å². The van der Waals surface area contributed by atoms with E-state index in [2.05, 4.69) is 0 Å². The summed E-state index contributed by atoms with van der Waals surface area (Å²) in [6.07, 6.45) is -4.39. The summed E-state index contributed by atoms with van der Waals surface area (Å²) in [6.45, 7) is 5.57. The fourth-order valence-electron chi connectivity index (χ4n) is 1.21. The summed E-state index contributed by atoms with van der Waals surface area (Å²) in [5.41, 5.74) is -0.458. The number of rotatable bonds is 0. The Kier molecular flexibility index (Phi) is 3.06. The highest BCUT2D eigenvalue weighted by Crippen LogP contribution is 2.37. The van der Waals surface area contributed by atoms with Gasteiger partial charge < -0.3 is 0 Å². The summed E-state index contributed by atoms with van der Waals surface area (Å²) in [5.74, 6) is 0. The van der Waals surface area contributed by atoms with Gasteiger partial charge in [-0.3, -0.25) is 0 Å². The monoisotopic (exact) mass is 236 g/mol. The average molecular weight is 237 g/mol. The Morgan fingerprint density at radius 2 is 1.60 bits per heavy atom. The number of hydrogen-bond donors (Lipinski definition) is 0. The number of hydrogen-bond acceptors (Lipinski definition) is 0. The zero-order chi connectivity index (χ0) is 11.9. The third-order valence-electron chi connectivity index (χ3n) is 2.14. The molecule has 0 aliphatic rings. The Morgan fingerprint density at radius 1 is 1.07 bits per heavy atom. The number of alkyl halides is 3. The van der Waals surface area contributed by atoms with Crippen LogP contribution in [-0.4, -0.2) is 0 Å². The number of benzene rings is 1. The lowest BCUT2D eigenvalue weighted by Gasteiger charge is -2.21. The van der Waals surface area contributed by atoms with Crippen molar-refractivity contribution in [1.82, 2.24) is 0 Å². The van der Waals surface area contributed by atoms with Crippen molar-refractivity contribution in [3.8, 4) is 0 Å². The van der Waals surface area contributed by atoms with Crippen molar-refractivity contribution >= 4 is 11.6 Å². The zero-order valence-corrected chi connectivity index (χ0v) is 9.50. The highest BCUT2D eigenvalue weighted by atomic mass is 35.5. The van der Waals surface area contributed by atoms with Crippen molar-refractivity contribution in [2.75, 3.05) is 0 Å². The molecule has 1 aromatic rings. The van der Waals surface area contributed by atoms with Gasteiger partial charge in [0.25, 0.3) is 0 Å². The SMILES string of the molecule is CC(C)(C)c1ccc(Cl)c(C(F)(F)F)c1. The molecule has 0 saturated heterocycles. The molecule has 0 heterocycles. The van der Waals surface area contributed by atoms with Gasteiger partial charge >= 0.3 is 6.18 Å². The summed E-state index contributed by atoms with van der Waals surface area (Å²) in [5, 5.41) is -0.254. The van der Waals surface area contributed by atoms with Gasteiger partial charge in [-0.05, 0) is 23.1 Å². The molecule has 0 fully saturated rings. The van der Waals surface area contributed by atoms with Crippen LogP contribution >= 0.6 is 11.6 Å².